The summed E-state index contributed by atoms with van der Waals surface area (Å²) in [5.74, 6) is 0.628. The molecule has 4 heterocycles. The predicted molar refractivity (Wildman–Crippen MR) is 172 cm³/mol. The number of hydrogen-bond donors (Lipinski definition) is 1. The number of fused-ring (bicyclic) bond motifs is 1. The Labute approximate surface area is 253 Å². The Balaban J connectivity index is 0.000000573. The van der Waals surface area contributed by atoms with Crippen molar-refractivity contribution in [2.75, 3.05) is 33.8 Å². The second-order valence-electron chi connectivity index (χ2n) is 11.8. The average Bonchev–Trinajstić information content (AvgIpc) is 3.37. The molecule has 2 fully saturated rings. The van der Waals surface area contributed by atoms with Crippen LogP contribution in [0, 0.1) is 6.92 Å². The number of likely N-dealkylation sites (tertiary alicyclic amines) is 1. The minimum atomic E-state index is -0.382. The van der Waals surface area contributed by atoms with Crippen LogP contribution < -0.4 is 10.1 Å². The van der Waals surface area contributed by atoms with E-state index in [-0.39, 0.29) is 11.4 Å². The van der Waals surface area contributed by atoms with Gasteiger partial charge in [0, 0.05) is 46.5 Å². The maximum Gasteiger partial charge on any atom is 0.252 e. The number of nitrogens with zero attached hydrogens (tertiary/aromatic N) is 3. The summed E-state index contributed by atoms with van der Waals surface area (Å²) in [4.78, 5) is 25.6. The third kappa shape index (κ3) is 5.81. The summed E-state index contributed by atoms with van der Waals surface area (Å²) in [5.41, 5.74) is 4.51. The van der Waals surface area contributed by atoms with Gasteiger partial charge in [-0.2, -0.15) is 0 Å². The minimum absolute atomic E-state index is 0.0609. The van der Waals surface area contributed by atoms with Crippen LogP contribution in [0.3, 0.4) is 0 Å². The van der Waals surface area contributed by atoms with E-state index in [1.807, 2.05) is 48.7 Å². The third-order valence-electron chi connectivity index (χ3n) is 8.79. The third-order valence-corrected chi connectivity index (χ3v) is 10.1. The molecule has 2 aromatic heterocycles. The average molecular weight is 581 g/mol. The summed E-state index contributed by atoms with van der Waals surface area (Å²) in [6.07, 6.45) is 10.5. The molecule has 1 saturated heterocycles. The van der Waals surface area contributed by atoms with Gasteiger partial charge >= 0.3 is 0 Å². The molecule has 2 aliphatic heterocycles. The van der Waals surface area contributed by atoms with Crippen molar-refractivity contribution in [1.29, 1.82) is 0 Å². The molecule has 7 rings (SSSR count). The number of aryl methyl sites for hydroxylation is 1. The summed E-state index contributed by atoms with van der Waals surface area (Å²) in [6.45, 7) is 7.80. The van der Waals surface area contributed by atoms with E-state index in [9.17, 15) is 4.79 Å². The van der Waals surface area contributed by atoms with Crippen LogP contribution in [0.1, 0.15) is 65.0 Å². The van der Waals surface area contributed by atoms with Crippen molar-refractivity contribution >= 4 is 28.1 Å². The Morgan fingerprint density at radius 1 is 1.10 bits per heavy atom. The van der Waals surface area contributed by atoms with Crippen molar-refractivity contribution in [1.82, 2.24) is 20.1 Å². The molecule has 7 heteroatoms. The maximum absolute atomic E-state index is 13.5. The van der Waals surface area contributed by atoms with E-state index in [1.54, 1.807) is 7.11 Å². The molecule has 218 valence electrons. The van der Waals surface area contributed by atoms with Gasteiger partial charge in [-0.05, 0) is 124 Å². The lowest BCUT2D eigenvalue weighted by molar-refractivity contribution is 0.0930. The largest absolute Gasteiger partial charge is 0.497 e. The fourth-order valence-corrected chi connectivity index (χ4v) is 7.00. The second-order valence-corrected chi connectivity index (χ2v) is 12.9. The van der Waals surface area contributed by atoms with Gasteiger partial charge in [-0.3, -0.25) is 14.7 Å². The lowest BCUT2D eigenvalue weighted by Crippen LogP contribution is -2.35. The van der Waals surface area contributed by atoms with Gasteiger partial charge in [-0.15, -0.1) is 11.3 Å². The van der Waals surface area contributed by atoms with Gasteiger partial charge in [0.25, 0.3) is 5.91 Å². The number of carbonyl (C=O) groups excluding carboxylic acids is 1. The summed E-state index contributed by atoms with van der Waals surface area (Å²) < 4.78 is 5.37. The number of nitrogens with one attached hydrogen (secondary N) is 1. The number of aromatic nitrogens is 1. The Bertz CT molecular complexity index is 1620. The van der Waals surface area contributed by atoms with Gasteiger partial charge in [-0.25, -0.2) is 0 Å². The van der Waals surface area contributed by atoms with Gasteiger partial charge in [0.1, 0.15) is 5.75 Å². The van der Waals surface area contributed by atoms with Gasteiger partial charge < -0.3 is 15.0 Å². The van der Waals surface area contributed by atoms with Crippen molar-refractivity contribution in [2.24, 2.45) is 0 Å². The van der Waals surface area contributed by atoms with Crippen molar-refractivity contribution in [2.45, 2.75) is 51.1 Å². The molecule has 3 aliphatic rings. The monoisotopic (exact) mass is 580 g/mol. The number of thiophene rings is 1. The molecular weight excluding hydrogens is 540 g/mol. The minimum Gasteiger partial charge on any atom is -0.497 e. The van der Waals surface area contributed by atoms with Crippen LogP contribution in [0.25, 0.3) is 21.3 Å². The van der Waals surface area contributed by atoms with Crippen molar-refractivity contribution in [3.8, 4) is 16.2 Å². The summed E-state index contributed by atoms with van der Waals surface area (Å²) in [6, 6.07) is 19.2. The number of carbonyl (C=O) groups is 1. The number of methoxy groups -OCH3 is 1. The molecule has 42 heavy (non-hydrogen) atoms. The molecule has 1 N–H and O–H groups in total. The van der Waals surface area contributed by atoms with Gasteiger partial charge in [0.05, 0.1) is 18.2 Å². The highest BCUT2D eigenvalue weighted by molar-refractivity contribution is 7.15. The molecule has 0 bridgehead atoms. The Kier molecular flexibility index (Phi) is 8.06. The fourth-order valence-electron chi connectivity index (χ4n) is 5.92. The van der Waals surface area contributed by atoms with Gasteiger partial charge in [-0.1, -0.05) is 12.1 Å². The first kappa shape index (κ1) is 28.4. The smallest absolute Gasteiger partial charge is 0.252 e. The van der Waals surface area contributed by atoms with Crippen LogP contribution >= 0.6 is 11.3 Å². The molecule has 1 saturated carbocycles. The van der Waals surface area contributed by atoms with Crippen LogP contribution in [0.5, 0.6) is 5.75 Å². The summed E-state index contributed by atoms with van der Waals surface area (Å²) >= 11 is 1.88. The standard InChI is InChI=1S/C31H33N3O2S.C4H7N/c1-20-8-9-23(36-3)19-25(20)30(35)33-31(12-13-31)26-17-22(18-27-24(26)7-6-14-32-27)29-11-10-28(37-29)21(2)34-15-4-5-16-34;1-5-3-2-4-5/h6-11,14,17-19,21H,4-5,12-13,15-16H2,1-3H3,(H,33,35);2-3H,4H2,1H3. The molecule has 1 atom stereocenters. The number of benzene rings is 2. The normalized spacial score (nSPS) is 17.8. The van der Waals surface area contributed by atoms with Gasteiger partial charge in [0.2, 0.25) is 0 Å². The van der Waals surface area contributed by atoms with Crippen molar-refractivity contribution in [3.63, 3.8) is 0 Å². The number of hydrogen-bond acceptors (Lipinski definition) is 6. The SMILES string of the molecule is CN1C=CC1.COc1ccc(C)c(C(=O)NC2(c3cc(-c4ccc(C(C)N5CCCC5)s4)cc4ncccc34)CC2)c1. The topological polar surface area (TPSA) is 57.7 Å². The zero-order valence-corrected chi connectivity index (χ0v) is 25.8. The highest BCUT2D eigenvalue weighted by atomic mass is 32.1. The van der Waals surface area contributed by atoms with Crippen molar-refractivity contribution < 1.29 is 9.53 Å². The highest BCUT2D eigenvalue weighted by Gasteiger charge is 2.47. The first-order valence-electron chi connectivity index (χ1n) is 14.9. The van der Waals surface area contributed by atoms with Crippen LogP contribution in [-0.4, -0.2) is 54.5 Å². The lowest BCUT2D eigenvalue weighted by Gasteiger charge is -2.22. The van der Waals surface area contributed by atoms with E-state index in [4.69, 9.17) is 9.72 Å². The molecular formula is C35H40N4O2S. The molecule has 4 aromatic rings. The quantitative estimate of drug-likeness (QED) is 0.249. The van der Waals surface area contributed by atoms with Crippen LogP contribution in [-0.2, 0) is 5.54 Å². The van der Waals surface area contributed by atoms with Crippen molar-refractivity contribution in [3.05, 3.63) is 94.6 Å². The first-order chi connectivity index (χ1) is 20.4. The van der Waals surface area contributed by atoms with Crippen LogP contribution in [0.2, 0.25) is 0 Å². The number of rotatable bonds is 7. The van der Waals surface area contributed by atoms with Gasteiger partial charge in [0.15, 0.2) is 0 Å². The Hall–Kier alpha value is -3.68. The van der Waals surface area contributed by atoms with E-state index in [2.05, 4.69) is 71.7 Å². The molecule has 1 unspecified atom stereocenters. The van der Waals surface area contributed by atoms with Crippen LogP contribution in [0.4, 0.5) is 0 Å². The van der Waals surface area contributed by atoms with E-state index in [1.165, 1.54) is 41.2 Å². The zero-order valence-electron chi connectivity index (χ0n) is 25.0. The van der Waals surface area contributed by atoms with E-state index < -0.39 is 0 Å². The molecule has 0 radical (unpaired) electrons. The van der Waals surface area contributed by atoms with E-state index in [0.29, 0.717) is 17.4 Å². The highest BCUT2D eigenvalue weighted by Crippen LogP contribution is 2.49. The second kappa shape index (κ2) is 11.9. The molecule has 1 aliphatic carbocycles. The molecule has 0 spiro atoms. The maximum atomic E-state index is 13.5. The number of amides is 1. The molecule has 6 nitrogen and oxygen atoms in total. The van der Waals surface area contributed by atoms with E-state index in [0.717, 1.165) is 41.4 Å². The lowest BCUT2D eigenvalue weighted by atomic mass is 9.95. The molecule has 1 amide bonds. The molecule has 2 aromatic carbocycles. The fraction of sp³-hybridized carbons (Fsp3) is 0.371. The van der Waals surface area contributed by atoms with Crippen LogP contribution in [0.15, 0.2) is 73.1 Å². The predicted octanol–water partition coefficient (Wildman–Crippen LogP) is 7.30. The van der Waals surface area contributed by atoms with E-state index >= 15 is 0 Å². The summed E-state index contributed by atoms with van der Waals surface area (Å²) in [7, 11) is 3.68. The first-order valence-corrected chi connectivity index (χ1v) is 15.8. The Morgan fingerprint density at radius 3 is 2.52 bits per heavy atom. The summed E-state index contributed by atoms with van der Waals surface area (Å²) in [5, 5.41) is 4.50. The number of pyridine rings is 1. The number of likely N-dealkylation sites (N-methyl/N-ethyl adjacent to an activating group) is 1. The zero-order chi connectivity index (χ0) is 29.3. The Morgan fingerprint density at radius 2 is 1.86 bits per heavy atom. The number of ether oxygens (including phenoxy) is 1.